The maximum Gasteiger partial charge on any atom is 0.244 e. The second-order valence-electron chi connectivity index (χ2n) is 4.52. The number of benzene rings is 1. The molecule has 0 amide bonds. The second kappa shape index (κ2) is 6.57. The highest BCUT2D eigenvalue weighted by Crippen LogP contribution is 2.13. The Morgan fingerprint density at radius 3 is 2.57 bits per heavy atom. The molecule has 0 unspecified atom stereocenters. The molecular weight excluding hydrogens is 292 g/mol. The molecule has 0 saturated heterocycles. The van der Waals surface area contributed by atoms with Crippen LogP contribution in [0.1, 0.15) is 18.9 Å². The van der Waals surface area contributed by atoms with Crippen LogP contribution < -0.4 is 10.5 Å². The standard InChI is InChI=1S/C13H18N4O3S/c1-2-10-4-6-11(7-5-10)20-8-3-9-21(18,19)13-15-12(14)16-17-13/h4-7H,2-3,8-9H2,1H3,(H3,14,15,16,17). The summed E-state index contributed by atoms with van der Waals surface area (Å²) in [5.74, 6) is 0.573. The third kappa shape index (κ3) is 4.19. The predicted octanol–water partition coefficient (Wildman–Crippen LogP) is 1.19. The number of hydrogen-bond donors (Lipinski definition) is 2. The van der Waals surface area contributed by atoms with E-state index in [1.54, 1.807) is 0 Å². The molecule has 0 saturated carbocycles. The number of ether oxygens (including phenoxy) is 1. The monoisotopic (exact) mass is 310 g/mol. The number of aromatic amines is 1. The molecule has 1 aromatic heterocycles. The van der Waals surface area contributed by atoms with E-state index in [9.17, 15) is 8.42 Å². The normalized spacial score (nSPS) is 11.5. The van der Waals surface area contributed by atoms with E-state index in [1.165, 1.54) is 5.56 Å². The molecule has 0 fully saturated rings. The first kappa shape index (κ1) is 15.3. The molecule has 3 N–H and O–H groups in total. The van der Waals surface area contributed by atoms with Crippen LogP contribution in [0.25, 0.3) is 0 Å². The quantitative estimate of drug-likeness (QED) is 0.743. The minimum absolute atomic E-state index is 0.0747. The molecule has 114 valence electrons. The van der Waals surface area contributed by atoms with Gasteiger partial charge in [-0.25, -0.2) is 13.5 Å². The van der Waals surface area contributed by atoms with Crippen molar-refractivity contribution in [3.05, 3.63) is 29.8 Å². The molecule has 7 nitrogen and oxygen atoms in total. The van der Waals surface area contributed by atoms with Crippen molar-refractivity contribution in [3.8, 4) is 5.75 Å². The Hall–Kier alpha value is -2.09. The number of nitrogen functional groups attached to an aromatic ring is 1. The third-order valence-electron chi connectivity index (χ3n) is 2.93. The molecule has 0 aliphatic carbocycles. The predicted molar refractivity (Wildman–Crippen MR) is 78.8 cm³/mol. The summed E-state index contributed by atoms with van der Waals surface area (Å²) in [7, 11) is -3.49. The van der Waals surface area contributed by atoms with E-state index in [-0.39, 0.29) is 16.9 Å². The second-order valence-corrected chi connectivity index (χ2v) is 6.54. The molecule has 0 bridgehead atoms. The van der Waals surface area contributed by atoms with Crippen molar-refractivity contribution in [3.63, 3.8) is 0 Å². The highest BCUT2D eigenvalue weighted by molar-refractivity contribution is 7.91. The topological polar surface area (TPSA) is 111 Å². The third-order valence-corrected chi connectivity index (χ3v) is 4.53. The van der Waals surface area contributed by atoms with Gasteiger partial charge in [0.2, 0.25) is 20.9 Å². The van der Waals surface area contributed by atoms with Gasteiger partial charge in [0, 0.05) is 0 Å². The van der Waals surface area contributed by atoms with E-state index in [2.05, 4.69) is 22.1 Å². The summed E-state index contributed by atoms with van der Waals surface area (Å²) in [6.45, 7) is 2.39. The van der Waals surface area contributed by atoms with Gasteiger partial charge >= 0.3 is 0 Å². The first-order valence-corrected chi connectivity index (χ1v) is 8.29. The largest absolute Gasteiger partial charge is 0.494 e. The number of H-pyrrole nitrogens is 1. The Morgan fingerprint density at radius 2 is 2.00 bits per heavy atom. The van der Waals surface area contributed by atoms with Crippen LogP contribution in [-0.2, 0) is 16.3 Å². The van der Waals surface area contributed by atoms with Gasteiger partial charge in [0.25, 0.3) is 0 Å². The van der Waals surface area contributed by atoms with Gasteiger partial charge in [-0.2, -0.15) is 4.98 Å². The van der Waals surface area contributed by atoms with E-state index >= 15 is 0 Å². The minimum Gasteiger partial charge on any atom is -0.494 e. The lowest BCUT2D eigenvalue weighted by molar-refractivity contribution is 0.317. The number of hydrogen-bond acceptors (Lipinski definition) is 6. The lowest BCUT2D eigenvalue weighted by atomic mass is 10.2. The van der Waals surface area contributed by atoms with Crippen molar-refractivity contribution in [1.82, 2.24) is 15.2 Å². The van der Waals surface area contributed by atoms with Crippen LogP contribution in [0.3, 0.4) is 0 Å². The van der Waals surface area contributed by atoms with Crippen LogP contribution in [0.4, 0.5) is 5.95 Å². The summed E-state index contributed by atoms with van der Waals surface area (Å²) in [5.41, 5.74) is 6.52. The van der Waals surface area contributed by atoms with Gasteiger partial charge in [-0.05, 0) is 30.5 Å². The molecular formula is C13H18N4O3S. The van der Waals surface area contributed by atoms with Gasteiger partial charge < -0.3 is 10.5 Å². The fourth-order valence-corrected chi connectivity index (χ4v) is 2.86. The maximum absolute atomic E-state index is 11.9. The Labute approximate surface area is 123 Å². The molecule has 0 spiro atoms. The Morgan fingerprint density at radius 1 is 1.29 bits per heavy atom. The summed E-state index contributed by atoms with van der Waals surface area (Å²) in [6, 6.07) is 7.74. The van der Waals surface area contributed by atoms with E-state index in [0.717, 1.165) is 12.2 Å². The average molecular weight is 310 g/mol. The first-order chi connectivity index (χ1) is 10.0. The van der Waals surface area contributed by atoms with Crippen molar-refractivity contribution >= 4 is 15.8 Å². The number of nitrogens with zero attached hydrogens (tertiary/aromatic N) is 2. The summed E-state index contributed by atoms with van der Waals surface area (Å²) in [5, 5.41) is 5.61. The summed E-state index contributed by atoms with van der Waals surface area (Å²) < 4.78 is 29.3. The molecule has 0 aliphatic heterocycles. The lowest BCUT2D eigenvalue weighted by Crippen LogP contribution is -2.12. The number of rotatable bonds is 7. The maximum atomic E-state index is 11.9. The number of nitrogens with one attached hydrogen (secondary N) is 1. The van der Waals surface area contributed by atoms with Crippen molar-refractivity contribution in [1.29, 1.82) is 0 Å². The van der Waals surface area contributed by atoms with Crippen molar-refractivity contribution in [2.45, 2.75) is 24.9 Å². The molecule has 0 radical (unpaired) electrons. The van der Waals surface area contributed by atoms with Crippen molar-refractivity contribution in [2.75, 3.05) is 18.1 Å². The molecule has 2 aromatic rings. The van der Waals surface area contributed by atoms with Gasteiger partial charge in [0.1, 0.15) is 5.75 Å². The van der Waals surface area contributed by atoms with Crippen molar-refractivity contribution in [2.24, 2.45) is 0 Å². The van der Waals surface area contributed by atoms with Crippen LogP contribution in [0.2, 0.25) is 0 Å². The van der Waals surface area contributed by atoms with Gasteiger partial charge in [0.15, 0.2) is 0 Å². The number of nitrogens with two attached hydrogens (primary N) is 1. The molecule has 21 heavy (non-hydrogen) atoms. The van der Waals surface area contributed by atoms with Gasteiger partial charge in [0.05, 0.1) is 12.4 Å². The van der Waals surface area contributed by atoms with Crippen molar-refractivity contribution < 1.29 is 13.2 Å². The summed E-state index contributed by atoms with van der Waals surface area (Å²) in [6.07, 6.45) is 1.33. The molecule has 0 atom stereocenters. The molecule has 1 aromatic carbocycles. The number of sulfone groups is 1. The zero-order chi connectivity index (χ0) is 15.3. The zero-order valence-electron chi connectivity index (χ0n) is 11.7. The molecule has 8 heteroatoms. The van der Waals surface area contributed by atoms with Gasteiger partial charge in [-0.3, -0.25) is 0 Å². The number of aromatic nitrogens is 3. The number of aryl methyl sites for hydroxylation is 1. The SMILES string of the molecule is CCc1ccc(OCCCS(=O)(=O)c2nc(N)n[nH]2)cc1. The minimum atomic E-state index is -3.49. The van der Waals surface area contributed by atoms with Crippen LogP contribution in [0.15, 0.2) is 29.4 Å². The highest BCUT2D eigenvalue weighted by Gasteiger charge is 2.18. The van der Waals surface area contributed by atoms with E-state index in [0.29, 0.717) is 13.0 Å². The van der Waals surface area contributed by atoms with E-state index in [4.69, 9.17) is 10.5 Å². The molecule has 2 rings (SSSR count). The fraction of sp³-hybridized carbons (Fsp3) is 0.385. The smallest absolute Gasteiger partial charge is 0.244 e. The van der Waals surface area contributed by atoms with Gasteiger partial charge in [-0.15, -0.1) is 5.10 Å². The molecule has 1 heterocycles. The summed E-state index contributed by atoms with van der Waals surface area (Å²) in [4.78, 5) is 3.62. The Balaban J connectivity index is 1.81. The van der Waals surface area contributed by atoms with Crippen LogP contribution >= 0.6 is 0 Å². The summed E-state index contributed by atoms with van der Waals surface area (Å²) >= 11 is 0. The Bertz CT molecular complexity index is 680. The lowest BCUT2D eigenvalue weighted by Gasteiger charge is -2.06. The van der Waals surface area contributed by atoms with Crippen LogP contribution in [0.5, 0.6) is 5.75 Å². The van der Waals surface area contributed by atoms with E-state index in [1.807, 2.05) is 24.3 Å². The fourth-order valence-electron chi connectivity index (χ4n) is 1.76. The van der Waals surface area contributed by atoms with E-state index < -0.39 is 9.84 Å². The average Bonchev–Trinajstić information content (AvgIpc) is 2.92. The molecule has 0 aliphatic rings. The number of anilines is 1. The van der Waals surface area contributed by atoms with Gasteiger partial charge in [-0.1, -0.05) is 19.1 Å². The first-order valence-electron chi connectivity index (χ1n) is 6.63. The van der Waals surface area contributed by atoms with Crippen LogP contribution in [-0.4, -0.2) is 36.0 Å². The van der Waals surface area contributed by atoms with Crippen LogP contribution in [0, 0.1) is 0 Å². The highest BCUT2D eigenvalue weighted by atomic mass is 32.2. The zero-order valence-corrected chi connectivity index (χ0v) is 12.6. The Kier molecular flexibility index (Phi) is 4.79.